The number of nitrogens with zero attached hydrogens (tertiary/aromatic N) is 2. The average Bonchev–Trinajstić information content (AvgIpc) is 3.06. The molecule has 2 aliphatic rings. The summed E-state index contributed by atoms with van der Waals surface area (Å²) in [4.78, 5) is 24.4. The van der Waals surface area contributed by atoms with E-state index in [4.69, 9.17) is 9.47 Å². The smallest absolute Gasteiger partial charge is 0.333 e. The van der Waals surface area contributed by atoms with E-state index in [2.05, 4.69) is 0 Å². The molecule has 7 nitrogen and oxygen atoms in total. The summed E-state index contributed by atoms with van der Waals surface area (Å²) in [5.74, 6) is 0.795. The van der Waals surface area contributed by atoms with Crippen LogP contribution < -0.4 is 9.47 Å². The number of hydrogen-bond donors (Lipinski definition) is 0. The van der Waals surface area contributed by atoms with Crippen molar-refractivity contribution < 1.29 is 19.2 Å². The summed E-state index contributed by atoms with van der Waals surface area (Å²) in [6.45, 7) is 1.35. The minimum absolute atomic E-state index is 0.193. The van der Waals surface area contributed by atoms with Gasteiger partial charge in [-0.05, 0) is 37.0 Å². The second-order valence-electron chi connectivity index (χ2n) is 5.63. The molecule has 2 heterocycles. The van der Waals surface area contributed by atoms with Crippen molar-refractivity contribution >= 4 is 12.0 Å². The fourth-order valence-electron chi connectivity index (χ4n) is 2.74. The van der Waals surface area contributed by atoms with E-state index in [-0.39, 0.29) is 6.79 Å². The van der Waals surface area contributed by atoms with Gasteiger partial charge in [0, 0.05) is 19.2 Å². The van der Waals surface area contributed by atoms with Crippen LogP contribution in [0, 0.1) is 10.1 Å². The first-order valence-corrected chi connectivity index (χ1v) is 7.87. The molecule has 0 aliphatic carbocycles. The van der Waals surface area contributed by atoms with Crippen molar-refractivity contribution in [3.8, 4) is 11.5 Å². The molecule has 1 fully saturated rings. The van der Waals surface area contributed by atoms with Crippen LogP contribution >= 0.6 is 0 Å². The van der Waals surface area contributed by atoms with Gasteiger partial charge in [-0.1, -0.05) is 18.2 Å². The quantitative estimate of drug-likeness (QED) is 0.367. The Labute approximate surface area is 139 Å². The third kappa shape index (κ3) is 3.56. The van der Waals surface area contributed by atoms with Gasteiger partial charge in [-0.3, -0.25) is 14.9 Å². The summed E-state index contributed by atoms with van der Waals surface area (Å²) < 4.78 is 10.5. The molecule has 0 bridgehead atoms. The Bertz CT molecular complexity index is 705. The molecular formula is C17H18N2O5. The Morgan fingerprint density at radius 1 is 1.17 bits per heavy atom. The highest BCUT2D eigenvalue weighted by molar-refractivity contribution is 5.91. The number of likely N-dealkylation sites (tertiary alicyclic amines) is 1. The molecule has 126 valence electrons. The highest BCUT2D eigenvalue weighted by atomic mass is 16.7. The first-order valence-electron chi connectivity index (χ1n) is 7.87. The number of ether oxygens (including phenoxy) is 2. The highest BCUT2D eigenvalue weighted by Gasteiger charge is 2.27. The lowest BCUT2D eigenvalue weighted by atomic mass is 10.1. The van der Waals surface area contributed by atoms with Crippen molar-refractivity contribution in [1.82, 2.24) is 4.90 Å². The molecular weight excluding hydrogens is 312 g/mol. The molecule has 0 saturated carbocycles. The standard InChI is InChI=1S/C17H18N2O5/c20-17(18-9-2-1-3-10-18)14(19(21)22)6-4-5-13-7-8-15-16(11-13)24-12-23-15/h4-8,11H,1-3,9-10,12H2/b5-4+,14-6-. The fraction of sp³-hybridized carbons (Fsp3) is 0.353. The van der Waals surface area contributed by atoms with Crippen LogP contribution in [-0.2, 0) is 4.79 Å². The van der Waals surface area contributed by atoms with Gasteiger partial charge < -0.3 is 14.4 Å². The van der Waals surface area contributed by atoms with Crippen LogP contribution in [0.25, 0.3) is 6.08 Å². The number of allylic oxidation sites excluding steroid dienone is 2. The zero-order valence-corrected chi connectivity index (χ0v) is 13.1. The lowest BCUT2D eigenvalue weighted by molar-refractivity contribution is -0.420. The largest absolute Gasteiger partial charge is 0.454 e. The fourth-order valence-corrected chi connectivity index (χ4v) is 2.74. The van der Waals surface area contributed by atoms with Gasteiger partial charge in [0.05, 0.1) is 4.92 Å². The van der Waals surface area contributed by atoms with E-state index >= 15 is 0 Å². The van der Waals surface area contributed by atoms with Gasteiger partial charge >= 0.3 is 11.6 Å². The Morgan fingerprint density at radius 3 is 2.67 bits per heavy atom. The summed E-state index contributed by atoms with van der Waals surface area (Å²) in [5, 5.41) is 11.2. The van der Waals surface area contributed by atoms with Crippen LogP contribution in [0.4, 0.5) is 0 Å². The second kappa shape index (κ2) is 7.16. The van der Waals surface area contributed by atoms with E-state index in [1.807, 2.05) is 6.07 Å². The molecule has 1 aromatic rings. The molecule has 1 amide bonds. The predicted octanol–water partition coefficient (Wildman–Crippen LogP) is 2.60. The van der Waals surface area contributed by atoms with E-state index < -0.39 is 16.5 Å². The zero-order valence-electron chi connectivity index (χ0n) is 13.1. The van der Waals surface area contributed by atoms with Crippen molar-refractivity contribution in [2.45, 2.75) is 19.3 Å². The molecule has 3 rings (SSSR count). The summed E-state index contributed by atoms with van der Waals surface area (Å²) in [6.07, 6.45) is 7.30. The number of rotatable bonds is 4. The number of nitro groups is 1. The van der Waals surface area contributed by atoms with Gasteiger partial charge in [-0.15, -0.1) is 0 Å². The van der Waals surface area contributed by atoms with Crippen LogP contribution in [0.3, 0.4) is 0 Å². The number of piperidine rings is 1. The Kier molecular flexibility index (Phi) is 4.79. The van der Waals surface area contributed by atoms with Crippen molar-refractivity contribution in [3.05, 3.63) is 51.7 Å². The molecule has 2 aliphatic heterocycles. The normalized spacial score (nSPS) is 17.3. The SMILES string of the molecule is O=C(/C(=C/C=C/c1ccc2c(c1)OCO2)[N+](=O)[O-])N1CCCCC1. The van der Waals surface area contributed by atoms with E-state index in [1.165, 1.54) is 12.2 Å². The summed E-state index contributed by atoms with van der Waals surface area (Å²) in [6, 6.07) is 5.38. The number of carbonyl (C=O) groups is 1. The van der Waals surface area contributed by atoms with Crippen LogP contribution in [0.2, 0.25) is 0 Å². The van der Waals surface area contributed by atoms with Gasteiger partial charge in [0.1, 0.15) is 0 Å². The molecule has 24 heavy (non-hydrogen) atoms. The maximum absolute atomic E-state index is 12.3. The molecule has 0 spiro atoms. The number of carbonyl (C=O) groups excluding carboxylic acids is 1. The molecule has 1 saturated heterocycles. The highest BCUT2D eigenvalue weighted by Crippen LogP contribution is 2.32. The number of fused-ring (bicyclic) bond motifs is 1. The molecule has 0 radical (unpaired) electrons. The minimum Gasteiger partial charge on any atom is -0.454 e. The van der Waals surface area contributed by atoms with Crippen LogP contribution in [0.1, 0.15) is 24.8 Å². The van der Waals surface area contributed by atoms with Crippen LogP contribution in [-0.4, -0.2) is 35.6 Å². The summed E-state index contributed by atoms with van der Waals surface area (Å²) >= 11 is 0. The molecule has 1 aromatic carbocycles. The molecule has 0 N–H and O–H groups in total. The lowest BCUT2D eigenvalue weighted by Crippen LogP contribution is -2.38. The van der Waals surface area contributed by atoms with Crippen LogP contribution in [0.15, 0.2) is 36.0 Å². The molecule has 0 unspecified atom stereocenters. The van der Waals surface area contributed by atoms with E-state index in [0.717, 1.165) is 24.8 Å². The summed E-state index contributed by atoms with van der Waals surface area (Å²) in [5.41, 5.74) is 0.400. The average molecular weight is 330 g/mol. The topological polar surface area (TPSA) is 81.9 Å². The van der Waals surface area contributed by atoms with E-state index in [1.54, 1.807) is 23.1 Å². The van der Waals surface area contributed by atoms with Gasteiger partial charge in [-0.25, -0.2) is 0 Å². The first-order chi connectivity index (χ1) is 11.6. The van der Waals surface area contributed by atoms with Gasteiger partial charge in [-0.2, -0.15) is 0 Å². The Hall–Kier alpha value is -2.83. The van der Waals surface area contributed by atoms with Crippen molar-refractivity contribution in [2.24, 2.45) is 0 Å². The number of benzene rings is 1. The van der Waals surface area contributed by atoms with Crippen molar-refractivity contribution in [2.75, 3.05) is 19.9 Å². The zero-order chi connectivity index (χ0) is 16.9. The second-order valence-corrected chi connectivity index (χ2v) is 5.63. The Balaban J connectivity index is 1.73. The lowest BCUT2D eigenvalue weighted by Gasteiger charge is -2.25. The maximum Gasteiger partial charge on any atom is 0.333 e. The van der Waals surface area contributed by atoms with Gasteiger partial charge in [0.2, 0.25) is 6.79 Å². The van der Waals surface area contributed by atoms with Gasteiger partial charge in [0.15, 0.2) is 11.5 Å². The molecule has 7 heteroatoms. The summed E-state index contributed by atoms with van der Waals surface area (Å²) in [7, 11) is 0. The third-order valence-corrected chi connectivity index (χ3v) is 4.00. The predicted molar refractivity (Wildman–Crippen MR) is 87.1 cm³/mol. The van der Waals surface area contributed by atoms with E-state index in [0.29, 0.717) is 24.6 Å². The molecule has 0 atom stereocenters. The van der Waals surface area contributed by atoms with Crippen molar-refractivity contribution in [3.63, 3.8) is 0 Å². The van der Waals surface area contributed by atoms with Gasteiger partial charge in [0.25, 0.3) is 0 Å². The molecule has 0 aromatic heterocycles. The number of hydrogen-bond acceptors (Lipinski definition) is 5. The Morgan fingerprint density at radius 2 is 1.92 bits per heavy atom. The minimum atomic E-state index is -0.624. The first kappa shape index (κ1) is 16.0. The van der Waals surface area contributed by atoms with Crippen molar-refractivity contribution in [1.29, 1.82) is 0 Å². The monoisotopic (exact) mass is 330 g/mol. The van der Waals surface area contributed by atoms with Crippen LogP contribution in [0.5, 0.6) is 11.5 Å². The maximum atomic E-state index is 12.3. The number of amides is 1. The van der Waals surface area contributed by atoms with E-state index in [9.17, 15) is 14.9 Å². The third-order valence-electron chi connectivity index (χ3n) is 4.00.